The minimum absolute atomic E-state index is 0.125. The second-order valence-electron chi connectivity index (χ2n) is 3.68. The van der Waals surface area contributed by atoms with Crippen LogP contribution in [0.3, 0.4) is 0 Å². The Labute approximate surface area is 104 Å². The Balaban J connectivity index is 2.14. The molecule has 1 radical (unpaired) electrons. The van der Waals surface area contributed by atoms with Crippen LogP contribution >= 0.6 is 0 Å². The standard InChI is InChI=1S/C14H9N2O2/c1-10-3-2-4-12(7-10)14(17)18-13-6-5-11(8-15)9-16-13/h2-7H,1H3. The molecule has 0 unspecified atom stereocenters. The largest absolute Gasteiger partial charge is 0.404 e. The zero-order valence-electron chi connectivity index (χ0n) is 9.68. The molecule has 0 spiro atoms. The van der Waals surface area contributed by atoms with Gasteiger partial charge in [-0.15, -0.1) is 0 Å². The lowest BCUT2D eigenvalue weighted by molar-refractivity contribution is 0.0727. The molecule has 2 rings (SSSR count). The quantitative estimate of drug-likeness (QED) is 0.752. The van der Waals surface area contributed by atoms with Gasteiger partial charge in [0.15, 0.2) is 0 Å². The predicted molar refractivity (Wildman–Crippen MR) is 63.9 cm³/mol. The van der Waals surface area contributed by atoms with Crippen LogP contribution < -0.4 is 4.74 Å². The van der Waals surface area contributed by atoms with Crippen molar-refractivity contribution in [2.24, 2.45) is 0 Å². The molecule has 0 atom stereocenters. The van der Waals surface area contributed by atoms with E-state index in [9.17, 15) is 4.79 Å². The maximum Gasteiger partial charge on any atom is 0.344 e. The van der Waals surface area contributed by atoms with Gasteiger partial charge in [0.1, 0.15) is 12.3 Å². The van der Waals surface area contributed by atoms with Crippen molar-refractivity contribution in [2.45, 2.75) is 6.92 Å². The fraction of sp³-hybridized carbons (Fsp3) is 0.0714. The van der Waals surface area contributed by atoms with Crippen LogP contribution in [0.5, 0.6) is 5.88 Å². The summed E-state index contributed by atoms with van der Waals surface area (Å²) >= 11 is 0. The minimum Gasteiger partial charge on any atom is -0.404 e. The van der Waals surface area contributed by atoms with Crippen LogP contribution in [-0.2, 0) is 0 Å². The average molecular weight is 237 g/mol. The first-order valence-electron chi connectivity index (χ1n) is 5.27. The van der Waals surface area contributed by atoms with Gasteiger partial charge in [-0.05, 0) is 25.1 Å². The molecule has 2 aromatic rings. The summed E-state index contributed by atoms with van der Waals surface area (Å²) in [6.07, 6.45) is 2.47. The third-order valence-corrected chi connectivity index (χ3v) is 2.25. The predicted octanol–water partition coefficient (Wildman–Crippen LogP) is 2.28. The third-order valence-electron chi connectivity index (χ3n) is 2.25. The van der Waals surface area contributed by atoms with Gasteiger partial charge in [0.05, 0.1) is 11.1 Å². The number of benzene rings is 1. The first-order chi connectivity index (χ1) is 8.69. The van der Waals surface area contributed by atoms with Crippen molar-refractivity contribution in [1.82, 2.24) is 4.98 Å². The molecule has 0 bridgehead atoms. The number of aromatic nitrogens is 1. The molecule has 0 saturated carbocycles. The molecule has 0 N–H and O–H groups in total. The minimum atomic E-state index is -0.482. The van der Waals surface area contributed by atoms with Crippen LogP contribution in [-0.4, -0.2) is 11.0 Å². The second kappa shape index (κ2) is 5.11. The Morgan fingerprint density at radius 3 is 2.83 bits per heavy atom. The zero-order valence-corrected chi connectivity index (χ0v) is 9.68. The maximum atomic E-state index is 11.8. The van der Waals surface area contributed by atoms with E-state index in [-0.39, 0.29) is 5.88 Å². The Kier molecular flexibility index (Phi) is 3.35. The number of carbonyl (C=O) groups excluding carboxylic acids is 1. The lowest BCUT2D eigenvalue weighted by Crippen LogP contribution is -2.09. The lowest BCUT2D eigenvalue weighted by Gasteiger charge is -2.03. The van der Waals surface area contributed by atoms with Crippen molar-refractivity contribution in [3.05, 3.63) is 59.3 Å². The van der Waals surface area contributed by atoms with E-state index < -0.39 is 5.97 Å². The number of aryl methyl sites for hydroxylation is 1. The number of rotatable bonds is 2. The van der Waals surface area contributed by atoms with E-state index in [0.29, 0.717) is 11.1 Å². The molecule has 0 aliphatic heterocycles. The van der Waals surface area contributed by atoms with E-state index >= 15 is 0 Å². The van der Waals surface area contributed by atoms with Crippen molar-refractivity contribution < 1.29 is 9.53 Å². The number of esters is 1. The number of pyridine rings is 1. The van der Waals surface area contributed by atoms with Crippen LogP contribution in [0.25, 0.3) is 0 Å². The smallest absolute Gasteiger partial charge is 0.344 e. The normalized spacial score (nSPS) is 9.56. The van der Waals surface area contributed by atoms with Crippen LogP contribution in [0.15, 0.2) is 36.4 Å². The van der Waals surface area contributed by atoms with Gasteiger partial charge in [-0.3, -0.25) is 0 Å². The highest BCUT2D eigenvalue weighted by Crippen LogP contribution is 2.11. The Morgan fingerprint density at radius 1 is 1.39 bits per heavy atom. The SMILES string of the molecule is Cc1cccc(C(=O)Oc2ccc(C#N)[c]n2)c1. The summed E-state index contributed by atoms with van der Waals surface area (Å²) in [5.74, 6) is -0.357. The van der Waals surface area contributed by atoms with E-state index in [4.69, 9.17) is 10.00 Å². The van der Waals surface area contributed by atoms with Gasteiger partial charge in [-0.25, -0.2) is 9.78 Å². The second-order valence-corrected chi connectivity index (χ2v) is 3.68. The van der Waals surface area contributed by atoms with Crippen molar-refractivity contribution in [1.29, 1.82) is 5.26 Å². The van der Waals surface area contributed by atoms with E-state index in [1.165, 1.54) is 12.1 Å². The number of nitrogens with zero attached hydrogens (tertiary/aromatic N) is 2. The van der Waals surface area contributed by atoms with E-state index in [2.05, 4.69) is 11.2 Å². The van der Waals surface area contributed by atoms with Gasteiger partial charge in [0.2, 0.25) is 5.88 Å². The fourth-order valence-corrected chi connectivity index (χ4v) is 1.39. The Morgan fingerprint density at radius 2 is 2.22 bits per heavy atom. The Hall–Kier alpha value is -2.67. The van der Waals surface area contributed by atoms with E-state index in [1.54, 1.807) is 18.2 Å². The number of carbonyl (C=O) groups is 1. The Bertz CT molecular complexity index is 612. The summed E-state index contributed by atoms with van der Waals surface area (Å²) in [7, 11) is 0. The number of hydrogen-bond acceptors (Lipinski definition) is 4. The summed E-state index contributed by atoms with van der Waals surface area (Å²) in [6, 6.07) is 11.9. The fourth-order valence-electron chi connectivity index (χ4n) is 1.39. The summed E-state index contributed by atoms with van der Waals surface area (Å²) in [6.45, 7) is 1.89. The summed E-state index contributed by atoms with van der Waals surface area (Å²) in [5.41, 5.74) is 1.73. The van der Waals surface area contributed by atoms with Crippen molar-refractivity contribution >= 4 is 5.97 Å². The number of hydrogen-bond donors (Lipinski definition) is 0. The molecule has 18 heavy (non-hydrogen) atoms. The van der Waals surface area contributed by atoms with Crippen LogP contribution in [0.1, 0.15) is 21.5 Å². The molecular weight excluding hydrogens is 228 g/mol. The lowest BCUT2D eigenvalue weighted by atomic mass is 10.1. The van der Waals surface area contributed by atoms with Crippen LogP contribution in [0.2, 0.25) is 0 Å². The molecule has 0 fully saturated rings. The highest BCUT2D eigenvalue weighted by atomic mass is 16.5. The number of ether oxygens (including phenoxy) is 1. The molecule has 1 aromatic heterocycles. The monoisotopic (exact) mass is 237 g/mol. The van der Waals surface area contributed by atoms with E-state index in [0.717, 1.165) is 5.56 Å². The molecule has 0 saturated heterocycles. The molecular formula is C14H9N2O2. The van der Waals surface area contributed by atoms with Gasteiger partial charge in [0.25, 0.3) is 0 Å². The van der Waals surface area contributed by atoms with Crippen molar-refractivity contribution in [2.75, 3.05) is 0 Å². The third kappa shape index (κ3) is 2.71. The topological polar surface area (TPSA) is 63.0 Å². The maximum absolute atomic E-state index is 11.8. The summed E-state index contributed by atoms with van der Waals surface area (Å²) < 4.78 is 5.06. The van der Waals surface area contributed by atoms with Gasteiger partial charge < -0.3 is 4.74 Å². The molecule has 0 aliphatic rings. The summed E-state index contributed by atoms with van der Waals surface area (Å²) in [4.78, 5) is 15.5. The highest BCUT2D eigenvalue weighted by Gasteiger charge is 2.09. The molecule has 4 heteroatoms. The molecule has 1 aromatic carbocycles. The highest BCUT2D eigenvalue weighted by molar-refractivity contribution is 5.91. The van der Waals surface area contributed by atoms with Crippen LogP contribution in [0.4, 0.5) is 0 Å². The van der Waals surface area contributed by atoms with Gasteiger partial charge in [0, 0.05) is 6.07 Å². The molecule has 0 amide bonds. The van der Waals surface area contributed by atoms with Crippen LogP contribution in [0, 0.1) is 24.5 Å². The van der Waals surface area contributed by atoms with Crippen molar-refractivity contribution in [3.63, 3.8) is 0 Å². The molecule has 0 aliphatic carbocycles. The number of nitriles is 1. The first kappa shape index (κ1) is 11.8. The molecule has 87 valence electrons. The van der Waals surface area contributed by atoms with Gasteiger partial charge >= 0.3 is 5.97 Å². The van der Waals surface area contributed by atoms with Crippen molar-refractivity contribution in [3.8, 4) is 11.9 Å². The summed E-state index contributed by atoms with van der Waals surface area (Å²) in [5, 5.41) is 8.59. The van der Waals surface area contributed by atoms with E-state index in [1.807, 2.05) is 19.1 Å². The average Bonchev–Trinajstić information content (AvgIpc) is 2.39. The molecule has 4 nitrogen and oxygen atoms in total. The first-order valence-corrected chi connectivity index (χ1v) is 5.27. The van der Waals surface area contributed by atoms with Gasteiger partial charge in [-0.2, -0.15) is 5.26 Å². The molecule has 1 heterocycles. The zero-order chi connectivity index (χ0) is 13.0. The van der Waals surface area contributed by atoms with Gasteiger partial charge in [-0.1, -0.05) is 17.7 Å².